The second-order valence-corrected chi connectivity index (χ2v) is 5.88. The number of halogens is 1. The van der Waals surface area contributed by atoms with Crippen molar-refractivity contribution < 1.29 is 4.79 Å². The first-order chi connectivity index (χ1) is 10.3. The fourth-order valence-electron chi connectivity index (χ4n) is 3.30. The van der Waals surface area contributed by atoms with E-state index < -0.39 is 0 Å². The quantitative estimate of drug-likeness (QED) is 0.603. The number of hydrogen-bond acceptors (Lipinski definition) is 1. The number of carbonyl (C=O) groups excluding carboxylic acids is 1. The van der Waals surface area contributed by atoms with Crippen LogP contribution in [0.25, 0.3) is 21.9 Å². The molecule has 0 bridgehead atoms. The Bertz CT molecular complexity index is 870. The lowest BCUT2D eigenvalue weighted by atomic mass is 9.95. The average molecular weight is 293 g/mol. The van der Waals surface area contributed by atoms with Gasteiger partial charge in [0.2, 0.25) is 0 Å². The van der Waals surface area contributed by atoms with Crippen LogP contribution in [0.15, 0.2) is 48.5 Å². The van der Waals surface area contributed by atoms with Gasteiger partial charge < -0.3 is 0 Å². The number of benzene rings is 3. The van der Waals surface area contributed by atoms with Crippen molar-refractivity contribution in [1.82, 2.24) is 0 Å². The predicted molar refractivity (Wildman–Crippen MR) is 87.2 cm³/mol. The van der Waals surface area contributed by atoms with E-state index in [0.29, 0.717) is 10.6 Å². The third-order valence-corrected chi connectivity index (χ3v) is 4.61. The monoisotopic (exact) mass is 292 g/mol. The molecular formula is C19H13ClO. The lowest BCUT2D eigenvalue weighted by molar-refractivity contribution is 0.112. The van der Waals surface area contributed by atoms with Crippen LogP contribution in [-0.2, 0) is 12.8 Å². The summed E-state index contributed by atoms with van der Waals surface area (Å²) in [6.07, 6.45) is 3.06. The van der Waals surface area contributed by atoms with Crippen molar-refractivity contribution in [2.24, 2.45) is 0 Å². The summed E-state index contributed by atoms with van der Waals surface area (Å²) in [7, 11) is 0. The molecule has 4 rings (SSSR count). The molecule has 102 valence electrons. The van der Waals surface area contributed by atoms with E-state index in [1.54, 1.807) is 6.07 Å². The van der Waals surface area contributed by atoms with Gasteiger partial charge in [0.15, 0.2) is 0 Å². The Balaban J connectivity index is 2.02. The summed E-state index contributed by atoms with van der Waals surface area (Å²) in [5.74, 6) is 0. The lowest BCUT2D eigenvalue weighted by Gasteiger charge is -2.11. The number of hydrogen-bond donors (Lipinski definition) is 0. The summed E-state index contributed by atoms with van der Waals surface area (Å²) in [5.41, 5.74) is 5.57. The summed E-state index contributed by atoms with van der Waals surface area (Å²) in [6, 6.07) is 16.3. The molecule has 0 saturated carbocycles. The largest absolute Gasteiger partial charge is 0.298 e. The van der Waals surface area contributed by atoms with Gasteiger partial charge in [0.1, 0.15) is 6.29 Å². The first-order valence-corrected chi connectivity index (χ1v) is 7.44. The van der Waals surface area contributed by atoms with Gasteiger partial charge in [0, 0.05) is 16.1 Å². The SMILES string of the molecule is O=Cc1ccc(-c2ccc3c4c(cccc24)CC3)c(Cl)c1. The zero-order chi connectivity index (χ0) is 14.4. The summed E-state index contributed by atoms with van der Waals surface area (Å²) in [5, 5.41) is 3.26. The maximum Gasteiger partial charge on any atom is 0.150 e. The molecule has 0 fully saturated rings. The second kappa shape index (κ2) is 4.71. The molecule has 0 heterocycles. The molecule has 21 heavy (non-hydrogen) atoms. The van der Waals surface area contributed by atoms with Crippen LogP contribution < -0.4 is 0 Å². The van der Waals surface area contributed by atoms with Gasteiger partial charge in [-0.05, 0) is 46.4 Å². The molecule has 0 saturated heterocycles. The van der Waals surface area contributed by atoms with E-state index in [2.05, 4.69) is 30.3 Å². The standard InChI is InChI=1S/C19H13ClO/c20-18-10-12(11-21)4-8-16(18)15-9-7-14-6-5-13-2-1-3-17(15)19(13)14/h1-4,7-11H,5-6H2. The summed E-state index contributed by atoms with van der Waals surface area (Å²) < 4.78 is 0. The van der Waals surface area contributed by atoms with Crippen LogP contribution in [0.1, 0.15) is 21.5 Å². The molecule has 0 N–H and O–H groups in total. The second-order valence-electron chi connectivity index (χ2n) is 5.47. The van der Waals surface area contributed by atoms with Gasteiger partial charge in [-0.2, -0.15) is 0 Å². The lowest BCUT2D eigenvalue weighted by Crippen LogP contribution is -1.87. The van der Waals surface area contributed by atoms with E-state index in [1.807, 2.05) is 12.1 Å². The fraction of sp³-hybridized carbons (Fsp3) is 0.105. The van der Waals surface area contributed by atoms with Crippen LogP contribution in [0.3, 0.4) is 0 Å². The molecule has 0 atom stereocenters. The minimum absolute atomic E-state index is 0.606. The van der Waals surface area contributed by atoms with Gasteiger partial charge in [-0.25, -0.2) is 0 Å². The van der Waals surface area contributed by atoms with E-state index in [0.717, 1.165) is 30.3 Å². The van der Waals surface area contributed by atoms with Crippen molar-refractivity contribution >= 4 is 28.7 Å². The number of aryl methyl sites for hydroxylation is 2. The Kier molecular flexibility index (Phi) is 2.83. The first kappa shape index (κ1) is 12.6. The molecule has 1 aliphatic rings. The van der Waals surface area contributed by atoms with Crippen LogP contribution in [0.5, 0.6) is 0 Å². The van der Waals surface area contributed by atoms with E-state index in [4.69, 9.17) is 11.6 Å². The van der Waals surface area contributed by atoms with E-state index in [-0.39, 0.29) is 0 Å². The molecule has 0 amide bonds. The smallest absolute Gasteiger partial charge is 0.150 e. The van der Waals surface area contributed by atoms with E-state index >= 15 is 0 Å². The van der Waals surface area contributed by atoms with Gasteiger partial charge >= 0.3 is 0 Å². The predicted octanol–water partition coefficient (Wildman–Crippen LogP) is 5.07. The van der Waals surface area contributed by atoms with Crippen LogP contribution in [0.2, 0.25) is 5.02 Å². The highest BCUT2D eigenvalue weighted by Crippen LogP contribution is 2.39. The maximum atomic E-state index is 10.9. The topological polar surface area (TPSA) is 17.1 Å². The van der Waals surface area contributed by atoms with E-state index in [9.17, 15) is 4.79 Å². The summed E-state index contributed by atoms with van der Waals surface area (Å²) in [4.78, 5) is 10.9. The summed E-state index contributed by atoms with van der Waals surface area (Å²) >= 11 is 6.38. The highest BCUT2D eigenvalue weighted by molar-refractivity contribution is 6.34. The van der Waals surface area contributed by atoms with Crippen molar-refractivity contribution in [2.75, 3.05) is 0 Å². The molecule has 0 unspecified atom stereocenters. The first-order valence-electron chi connectivity index (χ1n) is 7.06. The average Bonchev–Trinajstić information content (AvgIpc) is 2.93. The number of carbonyl (C=O) groups is 1. The zero-order valence-electron chi connectivity index (χ0n) is 11.4. The molecule has 1 aliphatic carbocycles. The van der Waals surface area contributed by atoms with Crippen molar-refractivity contribution in [1.29, 1.82) is 0 Å². The Hall–Kier alpha value is -2.12. The fourth-order valence-corrected chi connectivity index (χ4v) is 3.60. The van der Waals surface area contributed by atoms with Crippen molar-refractivity contribution in [3.8, 4) is 11.1 Å². The molecule has 0 radical (unpaired) electrons. The van der Waals surface area contributed by atoms with Gasteiger partial charge in [-0.15, -0.1) is 0 Å². The van der Waals surface area contributed by atoms with Crippen LogP contribution >= 0.6 is 11.6 Å². The third kappa shape index (κ3) is 1.89. The van der Waals surface area contributed by atoms with Gasteiger partial charge in [-0.1, -0.05) is 54.1 Å². The molecule has 1 nitrogen and oxygen atoms in total. The van der Waals surface area contributed by atoms with Crippen molar-refractivity contribution in [3.05, 3.63) is 70.2 Å². The van der Waals surface area contributed by atoms with Gasteiger partial charge in [0.25, 0.3) is 0 Å². The molecule has 0 aliphatic heterocycles. The van der Waals surface area contributed by atoms with Gasteiger partial charge in [-0.3, -0.25) is 4.79 Å². The minimum atomic E-state index is 0.606. The molecule has 0 aromatic heterocycles. The van der Waals surface area contributed by atoms with Crippen molar-refractivity contribution in [3.63, 3.8) is 0 Å². The van der Waals surface area contributed by atoms with Crippen molar-refractivity contribution in [2.45, 2.75) is 12.8 Å². The molecule has 2 heteroatoms. The minimum Gasteiger partial charge on any atom is -0.298 e. The number of rotatable bonds is 2. The van der Waals surface area contributed by atoms with E-state index in [1.165, 1.54) is 21.9 Å². The van der Waals surface area contributed by atoms with Crippen LogP contribution in [0, 0.1) is 0 Å². The molecule has 3 aromatic carbocycles. The highest BCUT2D eigenvalue weighted by Gasteiger charge is 2.17. The zero-order valence-corrected chi connectivity index (χ0v) is 12.2. The Labute approximate surface area is 128 Å². The summed E-state index contributed by atoms with van der Waals surface area (Å²) in [6.45, 7) is 0. The van der Waals surface area contributed by atoms with Crippen LogP contribution in [-0.4, -0.2) is 6.29 Å². The van der Waals surface area contributed by atoms with Gasteiger partial charge in [0.05, 0.1) is 0 Å². The molecular weight excluding hydrogens is 280 g/mol. The molecule has 3 aromatic rings. The van der Waals surface area contributed by atoms with Crippen LogP contribution in [0.4, 0.5) is 0 Å². The molecule has 0 spiro atoms. The highest BCUT2D eigenvalue weighted by atomic mass is 35.5. The normalized spacial score (nSPS) is 12.8. The maximum absolute atomic E-state index is 10.9. The Morgan fingerprint density at radius 3 is 2.43 bits per heavy atom. The third-order valence-electron chi connectivity index (χ3n) is 4.30. The Morgan fingerprint density at radius 2 is 1.67 bits per heavy atom. The Morgan fingerprint density at radius 1 is 0.905 bits per heavy atom. The number of aldehydes is 1.